The fourth-order valence-electron chi connectivity index (χ4n) is 2.45. The van der Waals surface area contributed by atoms with Crippen molar-refractivity contribution in [2.24, 2.45) is 0 Å². The van der Waals surface area contributed by atoms with Crippen LogP contribution in [0, 0.1) is 0 Å². The van der Waals surface area contributed by atoms with Gasteiger partial charge in [0.25, 0.3) is 0 Å². The van der Waals surface area contributed by atoms with Crippen LogP contribution < -0.4 is 4.90 Å². The Balaban J connectivity index is 2.08. The van der Waals surface area contributed by atoms with Gasteiger partial charge in [0.05, 0.1) is 0 Å². The minimum absolute atomic E-state index is 0.766. The number of rotatable bonds is 6. The van der Waals surface area contributed by atoms with Crippen molar-refractivity contribution >= 4 is 11.7 Å². The largest absolute Gasteiger partial charge is 0.478 e. The van der Waals surface area contributed by atoms with Crippen molar-refractivity contribution < 1.29 is 9.90 Å². The lowest BCUT2D eigenvalue weighted by Gasteiger charge is -2.13. The average Bonchev–Trinajstić information content (AvgIpc) is 2.53. The lowest BCUT2D eigenvalue weighted by molar-refractivity contribution is -0.131. The zero-order chi connectivity index (χ0) is 16.8. The third-order valence-corrected chi connectivity index (χ3v) is 3.83. The predicted molar refractivity (Wildman–Crippen MR) is 95.9 cm³/mol. The van der Waals surface area contributed by atoms with Gasteiger partial charge in [-0.3, -0.25) is 0 Å². The molecule has 0 aromatic heterocycles. The molecular formula is C20H23NO2. The van der Waals surface area contributed by atoms with Gasteiger partial charge in [-0.05, 0) is 48.6 Å². The number of aliphatic carboxylic acids is 1. The fraction of sp³-hybridized carbons (Fsp3) is 0.250. The molecule has 2 aromatic rings. The van der Waals surface area contributed by atoms with Crippen LogP contribution in [-0.4, -0.2) is 25.2 Å². The summed E-state index contributed by atoms with van der Waals surface area (Å²) in [6, 6.07) is 16.9. The molecule has 0 bridgehead atoms. The topological polar surface area (TPSA) is 40.5 Å². The van der Waals surface area contributed by atoms with Gasteiger partial charge in [0.15, 0.2) is 0 Å². The SMILES string of the molecule is C/C(=C\C(=O)O)CCc1ccc(-c2cccc(N(C)C)c2)cc1. The Morgan fingerprint density at radius 1 is 1.09 bits per heavy atom. The minimum Gasteiger partial charge on any atom is -0.478 e. The zero-order valence-corrected chi connectivity index (χ0v) is 13.9. The van der Waals surface area contributed by atoms with E-state index >= 15 is 0 Å². The van der Waals surface area contributed by atoms with Crippen molar-refractivity contribution in [2.45, 2.75) is 19.8 Å². The maximum atomic E-state index is 10.6. The summed E-state index contributed by atoms with van der Waals surface area (Å²) in [5.74, 6) is -0.876. The molecule has 3 heteroatoms. The molecule has 23 heavy (non-hydrogen) atoms. The van der Waals surface area contributed by atoms with E-state index in [1.165, 1.54) is 28.5 Å². The zero-order valence-electron chi connectivity index (χ0n) is 13.9. The van der Waals surface area contributed by atoms with E-state index in [4.69, 9.17) is 5.11 Å². The molecule has 2 rings (SSSR count). The first-order chi connectivity index (χ1) is 11.0. The molecule has 0 saturated carbocycles. The molecule has 3 nitrogen and oxygen atoms in total. The van der Waals surface area contributed by atoms with Gasteiger partial charge in [0.1, 0.15) is 0 Å². The van der Waals surface area contributed by atoms with Crippen LogP contribution in [0.3, 0.4) is 0 Å². The molecule has 0 unspecified atom stereocenters. The Kier molecular flexibility index (Phi) is 5.58. The van der Waals surface area contributed by atoms with Crippen LogP contribution in [0.15, 0.2) is 60.2 Å². The van der Waals surface area contributed by atoms with E-state index < -0.39 is 5.97 Å². The van der Waals surface area contributed by atoms with E-state index in [-0.39, 0.29) is 0 Å². The molecule has 0 amide bonds. The molecule has 0 radical (unpaired) electrons. The van der Waals surface area contributed by atoms with Crippen molar-refractivity contribution in [3.8, 4) is 11.1 Å². The Bertz CT molecular complexity index is 700. The summed E-state index contributed by atoms with van der Waals surface area (Å²) in [5.41, 5.74) is 5.68. The first-order valence-electron chi connectivity index (χ1n) is 7.72. The highest BCUT2D eigenvalue weighted by Gasteiger charge is 2.02. The molecule has 0 aliphatic carbocycles. The van der Waals surface area contributed by atoms with E-state index in [2.05, 4.69) is 53.4 Å². The van der Waals surface area contributed by atoms with Gasteiger partial charge < -0.3 is 10.0 Å². The van der Waals surface area contributed by atoms with Crippen LogP contribution in [0.1, 0.15) is 18.9 Å². The summed E-state index contributed by atoms with van der Waals surface area (Å²) in [7, 11) is 4.07. The predicted octanol–water partition coefficient (Wildman–Crippen LogP) is 4.38. The quantitative estimate of drug-likeness (QED) is 0.805. The first-order valence-corrected chi connectivity index (χ1v) is 7.72. The highest BCUT2D eigenvalue weighted by atomic mass is 16.4. The third-order valence-electron chi connectivity index (χ3n) is 3.83. The molecule has 0 saturated heterocycles. The Morgan fingerprint density at radius 2 is 1.78 bits per heavy atom. The lowest BCUT2D eigenvalue weighted by Crippen LogP contribution is -2.08. The number of hydrogen-bond acceptors (Lipinski definition) is 2. The van der Waals surface area contributed by atoms with Gasteiger partial charge in [-0.15, -0.1) is 0 Å². The van der Waals surface area contributed by atoms with Crippen LogP contribution in [0.5, 0.6) is 0 Å². The number of carboxylic acid groups (broad SMARTS) is 1. The number of carboxylic acids is 1. The van der Waals surface area contributed by atoms with Gasteiger partial charge >= 0.3 is 5.97 Å². The molecule has 1 N–H and O–H groups in total. The van der Waals surface area contributed by atoms with Gasteiger partial charge in [-0.25, -0.2) is 4.79 Å². The smallest absolute Gasteiger partial charge is 0.328 e. The molecule has 0 fully saturated rings. The maximum absolute atomic E-state index is 10.6. The second-order valence-corrected chi connectivity index (χ2v) is 5.97. The lowest BCUT2D eigenvalue weighted by atomic mass is 10.0. The number of benzene rings is 2. The van der Waals surface area contributed by atoms with Crippen LogP contribution in [0.4, 0.5) is 5.69 Å². The van der Waals surface area contributed by atoms with E-state index in [9.17, 15) is 4.79 Å². The first kappa shape index (κ1) is 16.8. The number of carbonyl (C=O) groups is 1. The number of aryl methyl sites for hydroxylation is 1. The minimum atomic E-state index is -0.876. The van der Waals surface area contributed by atoms with Crippen LogP contribution in [-0.2, 0) is 11.2 Å². The number of allylic oxidation sites excluding steroid dienone is 1. The monoisotopic (exact) mass is 309 g/mol. The normalized spacial score (nSPS) is 11.3. The van der Waals surface area contributed by atoms with E-state index in [0.29, 0.717) is 0 Å². The van der Waals surface area contributed by atoms with E-state index in [0.717, 1.165) is 18.4 Å². The highest BCUT2D eigenvalue weighted by molar-refractivity contribution is 5.80. The van der Waals surface area contributed by atoms with Gasteiger partial charge in [0, 0.05) is 25.9 Å². The van der Waals surface area contributed by atoms with Crippen molar-refractivity contribution in [1.82, 2.24) is 0 Å². The van der Waals surface area contributed by atoms with Crippen LogP contribution in [0.25, 0.3) is 11.1 Å². The second-order valence-electron chi connectivity index (χ2n) is 5.97. The summed E-state index contributed by atoms with van der Waals surface area (Å²) < 4.78 is 0. The summed E-state index contributed by atoms with van der Waals surface area (Å²) in [4.78, 5) is 12.7. The standard InChI is InChI=1S/C20H23NO2/c1-15(13-20(22)23)7-8-16-9-11-17(12-10-16)18-5-4-6-19(14-18)21(2)3/h4-6,9-14H,7-8H2,1-3H3,(H,22,23)/b15-13+. The van der Waals surface area contributed by atoms with Gasteiger partial charge in [-0.2, -0.15) is 0 Å². The molecule has 120 valence electrons. The average molecular weight is 309 g/mol. The van der Waals surface area contributed by atoms with Crippen molar-refractivity contribution in [3.63, 3.8) is 0 Å². The Hall–Kier alpha value is -2.55. The summed E-state index contributed by atoms with van der Waals surface area (Å²) >= 11 is 0. The number of anilines is 1. The second kappa shape index (κ2) is 7.63. The maximum Gasteiger partial charge on any atom is 0.328 e. The van der Waals surface area contributed by atoms with Crippen molar-refractivity contribution in [1.29, 1.82) is 0 Å². The van der Waals surface area contributed by atoms with E-state index in [1.807, 2.05) is 21.0 Å². The summed E-state index contributed by atoms with van der Waals surface area (Å²) in [6.07, 6.45) is 2.90. The van der Waals surface area contributed by atoms with Gasteiger partial charge in [-0.1, -0.05) is 42.0 Å². The van der Waals surface area contributed by atoms with Crippen LogP contribution in [0.2, 0.25) is 0 Å². The molecule has 2 aromatic carbocycles. The fourth-order valence-corrected chi connectivity index (χ4v) is 2.45. The molecular weight excluding hydrogens is 286 g/mol. The van der Waals surface area contributed by atoms with Crippen LogP contribution >= 0.6 is 0 Å². The number of nitrogens with zero attached hydrogens (tertiary/aromatic N) is 1. The molecule has 0 heterocycles. The van der Waals surface area contributed by atoms with Crippen molar-refractivity contribution in [2.75, 3.05) is 19.0 Å². The summed E-state index contributed by atoms with van der Waals surface area (Å²) in [5, 5.41) is 8.73. The number of hydrogen-bond donors (Lipinski definition) is 1. The third kappa shape index (κ3) is 4.99. The highest BCUT2D eigenvalue weighted by Crippen LogP contribution is 2.24. The molecule has 0 aliphatic rings. The molecule has 0 aliphatic heterocycles. The van der Waals surface area contributed by atoms with Crippen molar-refractivity contribution in [3.05, 3.63) is 65.7 Å². The summed E-state index contributed by atoms with van der Waals surface area (Å²) in [6.45, 7) is 1.86. The Morgan fingerprint density at radius 3 is 2.39 bits per heavy atom. The van der Waals surface area contributed by atoms with E-state index in [1.54, 1.807) is 0 Å². The molecule has 0 atom stereocenters. The van der Waals surface area contributed by atoms with Gasteiger partial charge in [0.2, 0.25) is 0 Å². The Labute approximate surface area is 137 Å². The molecule has 0 spiro atoms.